The molecule has 7 heteroatoms. The molecule has 7 nitrogen and oxygen atoms in total. The first kappa shape index (κ1) is 18.8. The van der Waals surface area contributed by atoms with Gasteiger partial charge in [0.2, 0.25) is 11.8 Å². The minimum atomic E-state index is -1.16. The maximum Gasteiger partial charge on any atom is 0.408 e. The summed E-state index contributed by atoms with van der Waals surface area (Å²) in [5, 5.41) is 5.17. The highest BCUT2D eigenvalue weighted by atomic mass is 16.5. The van der Waals surface area contributed by atoms with Gasteiger partial charge in [-0.25, -0.2) is 4.79 Å². The molecular weight excluding hydrogens is 322 g/mol. The van der Waals surface area contributed by atoms with Crippen LogP contribution in [0.25, 0.3) is 0 Å². The summed E-state index contributed by atoms with van der Waals surface area (Å²) in [6.07, 6.45) is 0.719. The third-order valence-corrected chi connectivity index (χ3v) is 4.22. The largest absolute Gasteiger partial charge is 0.445 e. The van der Waals surface area contributed by atoms with E-state index >= 15 is 0 Å². The smallest absolute Gasteiger partial charge is 0.408 e. The Hall–Kier alpha value is -2.57. The van der Waals surface area contributed by atoms with E-state index in [0.29, 0.717) is 13.0 Å². The van der Waals surface area contributed by atoms with Crippen molar-refractivity contribution in [3.8, 4) is 0 Å². The van der Waals surface area contributed by atoms with E-state index in [9.17, 15) is 14.4 Å². The summed E-state index contributed by atoms with van der Waals surface area (Å²) in [6, 6.07) is 8.81. The number of rotatable bonds is 5. The number of hydrogen-bond acceptors (Lipinski definition) is 4. The van der Waals surface area contributed by atoms with Crippen molar-refractivity contribution in [1.29, 1.82) is 0 Å². The number of carbonyl (C=O) groups excluding carboxylic acids is 3. The Balaban J connectivity index is 1.94. The molecule has 0 aromatic heterocycles. The van der Waals surface area contributed by atoms with Crippen LogP contribution in [-0.2, 0) is 20.9 Å². The third-order valence-electron chi connectivity index (χ3n) is 4.22. The molecule has 0 radical (unpaired) electrons. The first-order valence-electron chi connectivity index (χ1n) is 8.36. The number of amides is 3. The average molecular weight is 347 g/mol. The van der Waals surface area contributed by atoms with E-state index < -0.39 is 17.7 Å². The fraction of sp³-hybridized carbons (Fsp3) is 0.500. The van der Waals surface area contributed by atoms with Crippen molar-refractivity contribution in [1.82, 2.24) is 15.5 Å². The Morgan fingerprint density at radius 3 is 2.56 bits per heavy atom. The standard InChI is InChI=1S/C18H25N3O4/c1-18(2,16(23)21-11-7-10-14(21)15(22)19-3)20-17(24)25-12-13-8-5-4-6-9-13/h4-6,8-9,14H,7,10-12H2,1-3H3,(H,19,22)(H,20,24)/t14-/m0/s1. The molecule has 2 N–H and O–H groups in total. The first-order valence-corrected chi connectivity index (χ1v) is 8.36. The van der Waals surface area contributed by atoms with E-state index in [-0.39, 0.29) is 18.4 Å². The number of nitrogens with one attached hydrogen (secondary N) is 2. The van der Waals surface area contributed by atoms with Crippen molar-refractivity contribution < 1.29 is 19.1 Å². The molecule has 1 fully saturated rings. The molecule has 0 unspecified atom stereocenters. The Bertz CT molecular complexity index is 630. The van der Waals surface area contributed by atoms with Gasteiger partial charge in [-0.3, -0.25) is 9.59 Å². The van der Waals surface area contributed by atoms with E-state index in [2.05, 4.69) is 10.6 Å². The normalized spacial score (nSPS) is 17.1. The molecule has 1 aromatic rings. The Labute approximate surface area is 147 Å². The number of benzene rings is 1. The van der Waals surface area contributed by atoms with Gasteiger partial charge in [-0.1, -0.05) is 30.3 Å². The van der Waals surface area contributed by atoms with E-state index in [4.69, 9.17) is 4.74 Å². The zero-order valence-corrected chi connectivity index (χ0v) is 14.9. The van der Waals surface area contributed by atoms with Gasteiger partial charge in [0.25, 0.3) is 0 Å². The highest BCUT2D eigenvalue weighted by molar-refractivity contribution is 5.93. The molecular formula is C18H25N3O4. The maximum atomic E-state index is 12.8. The number of carbonyl (C=O) groups is 3. The molecule has 25 heavy (non-hydrogen) atoms. The molecule has 1 atom stereocenters. The van der Waals surface area contributed by atoms with Gasteiger partial charge < -0.3 is 20.3 Å². The minimum absolute atomic E-state index is 0.127. The summed E-state index contributed by atoms with van der Waals surface area (Å²) in [5.41, 5.74) is -0.300. The average Bonchev–Trinajstić information content (AvgIpc) is 3.08. The van der Waals surface area contributed by atoms with E-state index in [0.717, 1.165) is 12.0 Å². The van der Waals surface area contributed by atoms with Crippen molar-refractivity contribution in [2.75, 3.05) is 13.6 Å². The van der Waals surface area contributed by atoms with Crippen LogP contribution in [0, 0.1) is 0 Å². The third kappa shape index (κ3) is 4.71. The Kier molecular flexibility index (Phi) is 6.01. The molecule has 1 aliphatic rings. The van der Waals surface area contributed by atoms with E-state index in [1.165, 1.54) is 4.90 Å². The number of nitrogens with zero attached hydrogens (tertiary/aromatic N) is 1. The van der Waals surface area contributed by atoms with Crippen LogP contribution in [0.2, 0.25) is 0 Å². The lowest BCUT2D eigenvalue weighted by molar-refractivity contribution is -0.142. The van der Waals surface area contributed by atoms with Crippen LogP contribution in [0.1, 0.15) is 32.3 Å². The van der Waals surface area contributed by atoms with Gasteiger partial charge in [-0.2, -0.15) is 0 Å². The Morgan fingerprint density at radius 2 is 1.92 bits per heavy atom. The lowest BCUT2D eigenvalue weighted by atomic mass is 10.0. The van der Waals surface area contributed by atoms with Crippen LogP contribution in [0.5, 0.6) is 0 Å². The predicted molar refractivity (Wildman–Crippen MR) is 92.6 cm³/mol. The topological polar surface area (TPSA) is 87.7 Å². The van der Waals surface area contributed by atoms with Crippen LogP contribution in [0.4, 0.5) is 4.79 Å². The van der Waals surface area contributed by atoms with Crippen LogP contribution in [-0.4, -0.2) is 48.0 Å². The summed E-state index contributed by atoms with van der Waals surface area (Å²) >= 11 is 0. The van der Waals surface area contributed by atoms with Crippen LogP contribution in [0.15, 0.2) is 30.3 Å². The molecule has 0 bridgehead atoms. The molecule has 136 valence electrons. The van der Waals surface area contributed by atoms with Crippen molar-refractivity contribution in [2.45, 2.75) is 44.9 Å². The van der Waals surface area contributed by atoms with Gasteiger partial charge in [0.15, 0.2) is 0 Å². The summed E-state index contributed by atoms with van der Waals surface area (Å²) in [7, 11) is 1.55. The van der Waals surface area contributed by atoms with Gasteiger partial charge in [-0.15, -0.1) is 0 Å². The molecule has 2 rings (SSSR count). The number of ether oxygens (including phenoxy) is 1. The first-order chi connectivity index (χ1) is 11.8. The maximum absolute atomic E-state index is 12.8. The molecule has 0 spiro atoms. The lowest BCUT2D eigenvalue weighted by Crippen LogP contribution is -2.58. The van der Waals surface area contributed by atoms with Crippen LogP contribution >= 0.6 is 0 Å². The lowest BCUT2D eigenvalue weighted by Gasteiger charge is -2.32. The second-order valence-electron chi connectivity index (χ2n) is 6.58. The predicted octanol–water partition coefficient (Wildman–Crippen LogP) is 1.43. The quantitative estimate of drug-likeness (QED) is 0.843. The van der Waals surface area contributed by atoms with Gasteiger partial charge in [0, 0.05) is 13.6 Å². The molecule has 1 saturated heterocycles. The van der Waals surface area contributed by atoms with Gasteiger partial charge in [-0.05, 0) is 32.3 Å². The summed E-state index contributed by atoms with van der Waals surface area (Å²) in [6.45, 7) is 3.85. The summed E-state index contributed by atoms with van der Waals surface area (Å²) in [4.78, 5) is 38.3. The molecule has 1 heterocycles. The highest BCUT2D eigenvalue weighted by Gasteiger charge is 2.41. The van der Waals surface area contributed by atoms with Crippen molar-refractivity contribution in [3.63, 3.8) is 0 Å². The molecule has 3 amide bonds. The second-order valence-corrected chi connectivity index (χ2v) is 6.58. The monoisotopic (exact) mass is 347 g/mol. The number of hydrogen-bond donors (Lipinski definition) is 2. The van der Waals surface area contributed by atoms with Crippen molar-refractivity contribution >= 4 is 17.9 Å². The van der Waals surface area contributed by atoms with Crippen LogP contribution < -0.4 is 10.6 Å². The number of alkyl carbamates (subject to hydrolysis) is 1. The van der Waals surface area contributed by atoms with E-state index in [1.807, 2.05) is 30.3 Å². The zero-order chi connectivity index (χ0) is 18.4. The SMILES string of the molecule is CNC(=O)[C@@H]1CCCN1C(=O)C(C)(C)NC(=O)OCc1ccccc1. The second kappa shape index (κ2) is 8.00. The highest BCUT2D eigenvalue weighted by Crippen LogP contribution is 2.21. The fourth-order valence-corrected chi connectivity index (χ4v) is 2.88. The molecule has 0 aliphatic carbocycles. The summed E-state index contributed by atoms with van der Waals surface area (Å²) in [5.74, 6) is -0.483. The van der Waals surface area contributed by atoms with Crippen LogP contribution in [0.3, 0.4) is 0 Å². The van der Waals surface area contributed by atoms with E-state index in [1.54, 1.807) is 20.9 Å². The summed E-state index contributed by atoms with van der Waals surface area (Å²) < 4.78 is 5.17. The number of likely N-dealkylation sites (tertiary alicyclic amines) is 1. The van der Waals surface area contributed by atoms with Gasteiger partial charge in [0.1, 0.15) is 18.2 Å². The fourth-order valence-electron chi connectivity index (χ4n) is 2.88. The minimum Gasteiger partial charge on any atom is -0.445 e. The van der Waals surface area contributed by atoms with Gasteiger partial charge in [0.05, 0.1) is 0 Å². The molecule has 0 saturated carbocycles. The Morgan fingerprint density at radius 1 is 1.24 bits per heavy atom. The number of likely N-dealkylation sites (N-methyl/N-ethyl adjacent to an activating group) is 1. The van der Waals surface area contributed by atoms with Crippen molar-refractivity contribution in [2.24, 2.45) is 0 Å². The van der Waals surface area contributed by atoms with Gasteiger partial charge >= 0.3 is 6.09 Å². The zero-order valence-electron chi connectivity index (χ0n) is 14.9. The molecule has 1 aromatic carbocycles. The molecule has 1 aliphatic heterocycles. The van der Waals surface area contributed by atoms with Crippen molar-refractivity contribution in [3.05, 3.63) is 35.9 Å².